The zero-order chi connectivity index (χ0) is 26.5. The molecule has 2 heterocycles. The third-order valence-corrected chi connectivity index (χ3v) is 6.97. The van der Waals surface area contributed by atoms with E-state index in [0.717, 1.165) is 58.0 Å². The minimum absolute atomic E-state index is 0.0527. The van der Waals surface area contributed by atoms with Crippen molar-refractivity contribution in [2.45, 2.75) is 32.2 Å². The lowest BCUT2D eigenvalue weighted by atomic mass is 9.95. The van der Waals surface area contributed by atoms with Crippen molar-refractivity contribution < 1.29 is 19.0 Å². The average Bonchev–Trinajstić information content (AvgIpc) is 3.51. The number of benzene rings is 3. The number of aromatic nitrogens is 2. The van der Waals surface area contributed by atoms with E-state index in [4.69, 9.17) is 14.2 Å². The highest BCUT2D eigenvalue weighted by Gasteiger charge is 2.42. The fourth-order valence-electron chi connectivity index (χ4n) is 4.89. The Bertz CT molecular complexity index is 1380. The molecule has 0 saturated heterocycles. The fourth-order valence-corrected chi connectivity index (χ4v) is 4.89. The number of ether oxygens (including phenoxy) is 3. The standard InChI is InChI=1S/C31H33N3O4/c1-4-5-19-38-26-8-6-7-23(20-26)30-27-28(22-11-15-25(37-3)16-12-22)32-33-29(27)31(35)34(30)18-17-21-9-13-24(36-2)14-10-21/h6-16,20,30H,4-5,17-19H2,1-3H3,(H,32,33). The van der Waals surface area contributed by atoms with Crippen molar-refractivity contribution in [2.24, 2.45) is 0 Å². The van der Waals surface area contributed by atoms with E-state index in [9.17, 15) is 4.79 Å². The summed E-state index contributed by atoms with van der Waals surface area (Å²) >= 11 is 0. The maximum atomic E-state index is 13.7. The number of hydrogen-bond donors (Lipinski definition) is 1. The maximum Gasteiger partial charge on any atom is 0.273 e. The number of rotatable bonds is 11. The minimum Gasteiger partial charge on any atom is -0.497 e. The highest BCUT2D eigenvalue weighted by molar-refractivity contribution is 6.00. The third-order valence-electron chi connectivity index (χ3n) is 6.97. The number of carbonyl (C=O) groups is 1. The number of fused-ring (bicyclic) bond motifs is 1. The summed E-state index contributed by atoms with van der Waals surface area (Å²) in [6, 6.07) is 23.5. The number of carbonyl (C=O) groups excluding carboxylic acids is 1. The Kier molecular flexibility index (Phi) is 7.63. The maximum absolute atomic E-state index is 13.7. The Hall–Kier alpha value is -4.26. The summed E-state index contributed by atoms with van der Waals surface area (Å²) in [6.07, 6.45) is 2.78. The number of methoxy groups -OCH3 is 2. The molecule has 7 heteroatoms. The van der Waals surface area contributed by atoms with E-state index in [-0.39, 0.29) is 11.9 Å². The number of nitrogens with one attached hydrogen (secondary N) is 1. The van der Waals surface area contributed by atoms with Crippen molar-refractivity contribution in [3.63, 3.8) is 0 Å². The number of aromatic amines is 1. The van der Waals surface area contributed by atoms with Crippen LogP contribution in [0.3, 0.4) is 0 Å². The first-order valence-electron chi connectivity index (χ1n) is 13.0. The van der Waals surface area contributed by atoms with Gasteiger partial charge in [0.25, 0.3) is 5.91 Å². The van der Waals surface area contributed by atoms with Crippen LogP contribution in [0.1, 0.15) is 53.0 Å². The summed E-state index contributed by atoms with van der Waals surface area (Å²) in [5.74, 6) is 2.34. The molecule has 0 spiro atoms. The summed E-state index contributed by atoms with van der Waals surface area (Å²) in [5, 5.41) is 7.63. The van der Waals surface area contributed by atoms with Crippen molar-refractivity contribution >= 4 is 5.91 Å². The third kappa shape index (κ3) is 5.09. The van der Waals surface area contributed by atoms with Gasteiger partial charge in [0.15, 0.2) is 0 Å². The lowest BCUT2D eigenvalue weighted by Gasteiger charge is -2.27. The SMILES string of the molecule is CCCCOc1cccc(C2c3c(-c4ccc(OC)cc4)n[nH]c3C(=O)N2CCc2ccc(OC)cc2)c1. The van der Waals surface area contributed by atoms with Crippen molar-refractivity contribution in [1.29, 1.82) is 0 Å². The van der Waals surface area contributed by atoms with Crippen LogP contribution in [0.5, 0.6) is 17.2 Å². The topological polar surface area (TPSA) is 76.7 Å². The molecule has 1 N–H and O–H groups in total. The second kappa shape index (κ2) is 11.4. The summed E-state index contributed by atoms with van der Waals surface area (Å²) < 4.78 is 16.6. The molecule has 196 valence electrons. The smallest absolute Gasteiger partial charge is 0.273 e. The van der Waals surface area contributed by atoms with Crippen molar-refractivity contribution in [1.82, 2.24) is 15.1 Å². The van der Waals surface area contributed by atoms with Crippen LogP contribution < -0.4 is 14.2 Å². The second-order valence-electron chi connectivity index (χ2n) is 9.36. The molecule has 7 nitrogen and oxygen atoms in total. The molecule has 4 aromatic rings. The Balaban J connectivity index is 1.51. The first-order valence-corrected chi connectivity index (χ1v) is 13.0. The predicted molar refractivity (Wildman–Crippen MR) is 147 cm³/mol. The Morgan fingerprint density at radius 2 is 1.63 bits per heavy atom. The molecule has 1 aliphatic heterocycles. The molecular weight excluding hydrogens is 478 g/mol. The van der Waals surface area contributed by atoms with Gasteiger partial charge in [-0.25, -0.2) is 0 Å². The Labute approximate surface area is 223 Å². The molecule has 1 atom stereocenters. The van der Waals surface area contributed by atoms with Gasteiger partial charge in [0.1, 0.15) is 22.9 Å². The molecule has 0 aliphatic carbocycles. The van der Waals surface area contributed by atoms with Gasteiger partial charge >= 0.3 is 0 Å². The molecule has 0 bridgehead atoms. The molecule has 0 fully saturated rings. The molecule has 5 rings (SSSR count). The number of hydrogen-bond acceptors (Lipinski definition) is 5. The zero-order valence-electron chi connectivity index (χ0n) is 22.1. The molecule has 1 amide bonds. The first kappa shape index (κ1) is 25.4. The predicted octanol–water partition coefficient (Wildman–Crippen LogP) is 6.06. The Morgan fingerprint density at radius 1 is 0.921 bits per heavy atom. The zero-order valence-corrected chi connectivity index (χ0v) is 22.1. The van der Waals surface area contributed by atoms with E-state index in [0.29, 0.717) is 25.3 Å². The molecule has 1 unspecified atom stereocenters. The second-order valence-corrected chi connectivity index (χ2v) is 9.36. The summed E-state index contributed by atoms with van der Waals surface area (Å²) in [6.45, 7) is 3.37. The van der Waals surface area contributed by atoms with E-state index in [1.54, 1.807) is 14.2 Å². The van der Waals surface area contributed by atoms with Gasteiger partial charge in [0, 0.05) is 17.7 Å². The number of unbranched alkanes of at least 4 members (excludes halogenated alkanes) is 1. The quantitative estimate of drug-likeness (QED) is 0.248. The molecule has 0 saturated carbocycles. The van der Waals surface area contributed by atoms with E-state index in [1.165, 1.54) is 0 Å². The van der Waals surface area contributed by atoms with E-state index < -0.39 is 0 Å². The van der Waals surface area contributed by atoms with Gasteiger partial charge in [-0.05, 0) is 72.5 Å². The van der Waals surface area contributed by atoms with E-state index in [2.05, 4.69) is 23.2 Å². The van der Waals surface area contributed by atoms with Crippen LogP contribution in [0.25, 0.3) is 11.3 Å². The van der Waals surface area contributed by atoms with Crippen LogP contribution in [-0.4, -0.2) is 48.4 Å². The lowest BCUT2D eigenvalue weighted by molar-refractivity contribution is 0.0745. The molecule has 0 radical (unpaired) electrons. The molecule has 1 aromatic heterocycles. The van der Waals surface area contributed by atoms with Crippen LogP contribution in [0.15, 0.2) is 72.8 Å². The van der Waals surface area contributed by atoms with Gasteiger partial charge in [0.2, 0.25) is 0 Å². The number of H-pyrrole nitrogens is 1. The highest BCUT2D eigenvalue weighted by Crippen LogP contribution is 2.43. The van der Waals surface area contributed by atoms with Crippen LogP contribution in [0, 0.1) is 0 Å². The van der Waals surface area contributed by atoms with E-state index >= 15 is 0 Å². The number of nitrogens with zero attached hydrogens (tertiary/aromatic N) is 2. The molecule has 1 aliphatic rings. The average molecular weight is 512 g/mol. The minimum atomic E-state index is -0.290. The normalized spacial score (nSPS) is 14.4. The van der Waals surface area contributed by atoms with Crippen LogP contribution in [-0.2, 0) is 6.42 Å². The van der Waals surface area contributed by atoms with Gasteiger partial charge in [-0.2, -0.15) is 5.10 Å². The Morgan fingerprint density at radius 3 is 2.32 bits per heavy atom. The lowest BCUT2D eigenvalue weighted by Crippen LogP contribution is -2.31. The van der Waals surface area contributed by atoms with Gasteiger partial charge in [-0.15, -0.1) is 0 Å². The first-order chi connectivity index (χ1) is 18.6. The van der Waals surface area contributed by atoms with Crippen molar-refractivity contribution in [2.75, 3.05) is 27.4 Å². The van der Waals surface area contributed by atoms with Gasteiger partial charge in [0.05, 0.1) is 32.6 Å². The fraction of sp³-hybridized carbons (Fsp3) is 0.290. The summed E-state index contributed by atoms with van der Waals surface area (Å²) in [7, 11) is 3.30. The van der Waals surface area contributed by atoms with Crippen LogP contribution in [0.4, 0.5) is 0 Å². The van der Waals surface area contributed by atoms with Crippen LogP contribution in [0.2, 0.25) is 0 Å². The van der Waals surface area contributed by atoms with Gasteiger partial charge < -0.3 is 19.1 Å². The summed E-state index contributed by atoms with van der Waals surface area (Å²) in [5.41, 5.74) is 5.25. The highest BCUT2D eigenvalue weighted by atomic mass is 16.5. The molecule has 38 heavy (non-hydrogen) atoms. The number of amides is 1. The molecular formula is C31H33N3O4. The van der Waals surface area contributed by atoms with Crippen molar-refractivity contribution in [3.8, 4) is 28.5 Å². The molecule has 3 aromatic carbocycles. The summed E-state index contributed by atoms with van der Waals surface area (Å²) in [4.78, 5) is 15.7. The van der Waals surface area contributed by atoms with Gasteiger partial charge in [-0.3, -0.25) is 9.89 Å². The van der Waals surface area contributed by atoms with Crippen LogP contribution >= 0.6 is 0 Å². The largest absolute Gasteiger partial charge is 0.497 e. The van der Waals surface area contributed by atoms with E-state index in [1.807, 2.05) is 71.6 Å². The monoisotopic (exact) mass is 511 g/mol. The van der Waals surface area contributed by atoms with Crippen molar-refractivity contribution in [3.05, 3.63) is 95.2 Å². The van der Waals surface area contributed by atoms with Gasteiger partial charge in [-0.1, -0.05) is 37.6 Å².